The number of nitrogens with one attached hydrogen (secondary N) is 1. The number of fused-ring (bicyclic) bond motifs is 2. The van der Waals surface area contributed by atoms with Crippen molar-refractivity contribution in [2.75, 3.05) is 82.8 Å². The molecule has 2 aliphatic rings. The fourth-order valence-electron chi connectivity index (χ4n) is 6.13. The monoisotopic (exact) mass is 730 g/mol. The van der Waals surface area contributed by atoms with E-state index in [1.165, 1.54) is 11.3 Å². The number of aromatic nitrogens is 6. The van der Waals surface area contributed by atoms with E-state index >= 15 is 0 Å². The van der Waals surface area contributed by atoms with Crippen LogP contribution in [-0.4, -0.2) is 112 Å². The number of hydrogen-bond donors (Lipinski definition) is 1. The van der Waals surface area contributed by atoms with Crippen molar-refractivity contribution in [3.8, 4) is 12.1 Å². The van der Waals surface area contributed by atoms with Gasteiger partial charge in [0.25, 0.3) is 0 Å². The van der Waals surface area contributed by atoms with Gasteiger partial charge in [0.2, 0.25) is 11.9 Å². The zero-order valence-corrected chi connectivity index (χ0v) is 30.4. The molecule has 8 rings (SSSR count). The first-order chi connectivity index (χ1) is 25.6. The Morgan fingerprint density at radius 2 is 1.23 bits per heavy atom. The molecule has 2 saturated heterocycles. The largest absolute Gasteiger partial charge is 0.379 e. The highest BCUT2D eigenvalue weighted by atomic mass is 32.1. The molecule has 264 valence electrons. The van der Waals surface area contributed by atoms with Gasteiger partial charge in [0.15, 0.2) is 0 Å². The van der Waals surface area contributed by atoms with Crippen LogP contribution < -0.4 is 10.2 Å². The van der Waals surface area contributed by atoms with Crippen molar-refractivity contribution < 1.29 is 4.74 Å². The third-order valence-corrected chi connectivity index (χ3v) is 11.2. The van der Waals surface area contributed by atoms with Gasteiger partial charge in [-0.25, -0.2) is 29.9 Å². The number of piperazine rings is 1. The predicted octanol–water partition coefficient (Wildman–Crippen LogP) is 4.98. The molecule has 0 aliphatic carbocycles. The van der Waals surface area contributed by atoms with Crippen molar-refractivity contribution in [2.24, 2.45) is 0 Å². The fraction of sp³-hybridized carbons (Fsp3) is 0.351. The summed E-state index contributed by atoms with van der Waals surface area (Å²) in [6.07, 6.45) is 3.41. The number of anilines is 2. The van der Waals surface area contributed by atoms with Crippen LogP contribution in [0, 0.1) is 22.7 Å². The van der Waals surface area contributed by atoms with Crippen LogP contribution in [0.2, 0.25) is 0 Å². The van der Waals surface area contributed by atoms with E-state index in [0.717, 1.165) is 96.0 Å². The van der Waals surface area contributed by atoms with Crippen molar-refractivity contribution in [2.45, 2.75) is 11.8 Å². The molecule has 2 fully saturated rings. The van der Waals surface area contributed by atoms with E-state index in [2.05, 4.69) is 57.1 Å². The van der Waals surface area contributed by atoms with Gasteiger partial charge in [-0.2, -0.15) is 10.5 Å². The number of hydrogen-bond acceptors (Lipinski definition) is 15. The van der Waals surface area contributed by atoms with E-state index in [1.807, 2.05) is 54.6 Å². The van der Waals surface area contributed by atoms with Crippen LogP contribution in [0.4, 0.5) is 11.9 Å². The van der Waals surface area contributed by atoms with Crippen molar-refractivity contribution >= 4 is 55.0 Å². The van der Waals surface area contributed by atoms with E-state index in [-0.39, 0.29) is 0 Å². The highest BCUT2D eigenvalue weighted by Crippen LogP contribution is 2.32. The van der Waals surface area contributed by atoms with Crippen molar-refractivity contribution in [1.82, 2.24) is 39.7 Å². The molecule has 0 spiro atoms. The van der Waals surface area contributed by atoms with E-state index in [9.17, 15) is 10.5 Å². The van der Waals surface area contributed by atoms with Crippen LogP contribution in [0.3, 0.4) is 0 Å². The van der Waals surface area contributed by atoms with Crippen molar-refractivity contribution in [3.05, 3.63) is 94.5 Å². The summed E-state index contributed by atoms with van der Waals surface area (Å²) in [4.78, 5) is 34.1. The number of nitriles is 2. The summed E-state index contributed by atoms with van der Waals surface area (Å²) in [7, 11) is 1.75. The lowest BCUT2D eigenvalue weighted by atomic mass is 10.1. The minimum Gasteiger partial charge on any atom is -0.379 e. The van der Waals surface area contributed by atoms with Gasteiger partial charge in [-0.1, -0.05) is 24.3 Å². The lowest BCUT2D eigenvalue weighted by Gasteiger charge is -2.36. The molecule has 1 N–H and O–H groups in total. The molecule has 4 aromatic heterocycles. The number of para-hydroxylation sites is 2. The van der Waals surface area contributed by atoms with Gasteiger partial charge in [-0.15, -0.1) is 22.7 Å². The van der Waals surface area contributed by atoms with Crippen LogP contribution in [0.1, 0.15) is 33.2 Å². The molecule has 6 heterocycles. The molecule has 0 saturated carbocycles. The van der Waals surface area contributed by atoms with Crippen LogP contribution in [0.15, 0.2) is 73.1 Å². The summed E-state index contributed by atoms with van der Waals surface area (Å²) in [5.74, 6) is 0.256. The van der Waals surface area contributed by atoms with Crippen LogP contribution >= 0.6 is 22.7 Å². The third-order valence-electron chi connectivity index (χ3n) is 9.02. The molecule has 0 radical (unpaired) electrons. The zero-order chi connectivity index (χ0) is 35.7. The van der Waals surface area contributed by atoms with Gasteiger partial charge in [0.05, 0.1) is 57.2 Å². The summed E-state index contributed by atoms with van der Waals surface area (Å²) < 4.78 is 7.60. The molecule has 2 aliphatic heterocycles. The Bertz CT molecular complexity index is 2110. The zero-order valence-electron chi connectivity index (χ0n) is 28.8. The Morgan fingerprint density at radius 3 is 1.79 bits per heavy atom. The van der Waals surface area contributed by atoms with E-state index in [1.54, 1.807) is 36.8 Å². The lowest BCUT2D eigenvalue weighted by Crippen LogP contribution is -2.49. The second-order valence-electron chi connectivity index (χ2n) is 12.3. The van der Waals surface area contributed by atoms with Crippen LogP contribution in [0.5, 0.6) is 0 Å². The Balaban J connectivity index is 0.000000180. The smallest absolute Gasteiger partial charge is 0.225 e. The maximum atomic E-state index is 9.88. The van der Waals surface area contributed by atoms with Gasteiger partial charge in [0, 0.05) is 71.8 Å². The number of rotatable bonds is 9. The topological polar surface area (TPSA) is 156 Å². The van der Waals surface area contributed by atoms with Crippen LogP contribution in [-0.2, 0) is 4.74 Å². The van der Waals surface area contributed by atoms with Crippen molar-refractivity contribution in [3.63, 3.8) is 0 Å². The first-order valence-electron chi connectivity index (χ1n) is 17.2. The number of benzene rings is 2. The molecule has 6 aromatic rings. The first kappa shape index (κ1) is 35.3. The average molecular weight is 731 g/mol. The maximum Gasteiger partial charge on any atom is 0.225 e. The number of thiazole rings is 2. The van der Waals surface area contributed by atoms with E-state index < -0.39 is 11.8 Å². The molecular formula is C37H38N12OS2. The Kier molecular flexibility index (Phi) is 11.5. The molecule has 2 atom stereocenters. The lowest BCUT2D eigenvalue weighted by molar-refractivity contribution is 0.0331. The Morgan fingerprint density at radius 1 is 0.692 bits per heavy atom. The summed E-state index contributed by atoms with van der Waals surface area (Å²) in [6, 6.07) is 24.1. The first-order valence-corrected chi connectivity index (χ1v) is 18.9. The van der Waals surface area contributed by atoms with Gasteiger partial charge in [-0.3, -0.25) is 9.80 Å². The molecule has 0 amide bonds. The van der Waals surface area contributed by atoms with Crippen LogP contribution in [0.25, 0.3) is 20.4 Å². The molecule has 52 heavy (non-hydrogen) atoms. The highest BCUT2D eigenvalue weighted by Gasteiger charge is 2.24. The van der Waals surface area contributed by atoms with Gasteiger partial charge >= 0.3 is 0 Å². The predicted molar refractivity (Wildman–Crippen MR) is 204 cm³/mol. The summed E-state index contributed by atoms with van der Waals surface area (Å²) in [5, 5.41) is 23.8. The third kappa shape index (κ3) is 8.31. The van der Waals surface area contributed by atoms with E-state index in [4.69, 9.17) is 9.72 Å². The molecular weight excluding hydrogens is 693 g/mol. The van der Waals surface area contributed by atoms with E-state index in [0.29, 0.717) is 23.3 Å². The number of ether oxygens (including phenoxy) is 1. The molecule has 2 unspecified atom stereocenters. The second kappa shape index (κ2) is 16.9. The average Bonchev–Trinajstić information content (AvgIpc) is 3.83. The number of nitrogens with zero attached hydrogens (tertiary/aromatic N) is 11. The van der Waals surface area contributed by atoms with Gasteiger partial charge < -0.3 is 15.0 Å². The van der Waals surface area contributed by atoms with Gasteiger partial charge in [0.1, 0.15) is 21.9 Å². The van der Waals surface area contributed by atoms with Crippen molar-refractivity contribution in [1.29, 1.82) is 10.5 Å². The fourth-order valence-corrected chi connectivity index (χ4v) is 8.18. The summed E-state index contributed by atoms with van der Waals surface area (Å²) >= 11 is 3.08. The molecule has 13 nitrogen and oxygen atoms in total. The Hall–Kier alpha value is -5.16. The molecule has 15 heteroatoms. The second-order valence-corrected chi connectivity index (χ2v) is 14.4. The summed E-state index contributed by atoms with van der Waals surface area (Å²) in [5.41, 5.74) is 3.21. The standard InChI is InChI=1S/C23H27N7OS.C14H11N5S/c24-17-18(22-26-20-3-1-2-4-21(20)32-22)19-5-6-25-23(27-19)30-11-9-28(10-12-30)7-8-29-13-15-31-16-14-29;1-16-14-17-7-6-10(19-14)9(8-15)13-18-11-4-2-3-5-12(11)20-13/h1-6,18H,7-16H2;2-7,9H,1H3,(H,16,17,19). The Labute approximate surface area is 310 Å². The maximum absolute atomic E-state index is 9.88. The molecule has 0 bridgehead atoms. The minimum absolute atomic E-state index is 0.470. The number of morpholine rings is 1. The minimum atomic E-state index is -0.482. The highest BCUT2D eigenvalue weighted by molar-refractivity contribution is 7.19. The normalized spacial score (nSPS) is 16.4. The molecule has 2 aromatic carbocycles. The quantitative estimate of drug-likeness (QED) is 0.213. The summed E-state index contributed by atoms with van der Waals surface area (Å²) in [6.45, 7) is 9.74. The SMILES string of the molecule is CNc1nccc(C(C#N)c2nc3ccccc3s2)n1.N#CC(c1ccnc(N2CCN(CCN3CCOCC3)CC2)n1)c1nc2ccccc2s1. The van der Waals surface area contributed by atoms with Gasteiger partial charge in [-0.05, 0) is 36.4 Å².